The van der Waals surface area contributed by atoms with E-state index in [0.717, 1.165) is 31.6 Å². The van der Waals surface area contributed by atoms with E-state index in [9.17, 15) is 4.79 Å². The molecule has 0 spiro atoms. The van der Waals surface area contributed by atoms with Gasteiger partial charge < -0.3 is 9.32 Å². The molecule has 0 saturated heterocycles. The highest BCUT2D eigenvalue weighted by molar-refractivity contribution is 6.17. The van der Waals surface area contributed by atoms with Crippen molar-refractivity contribution in [1.82, 2.24) is 4.90 Å². The van der Waals surface area contributed by atoms with E-state index in [2.05, 4.69) is 0 Å². The molecule has 4 heteroatoms. The van der Waals surface area contributed by atoms with Crippen molar-refractivity contribution in [3.63, 3.8) is 0 Å². The van der Waals surface area contributed by atoms with Crippen LogP contribution >= 0.6 is 11.6 Å². The number of carbonyl (C=O) groups excluding carboxylic acids is 1. The molecular formula is C14H20ClNO2. The lowest BCUT2D eigenvalue weighted by molar-refractivity contribution is -0.135. The molecule has 1 heterocycles. The van der Waals surface area contributed by atoms with Crippen LogP contribution in [0.2, 0.25) is 0 Å². The van der Waals surface area contributed by atoms with Crippen LogP contribution in [0.3, 0.4) is 0 Å². The lowest BCUT2D eigenvalue weighted by Gasteiger charge is -2.37. The Kier molecular flexibility index (Phi) is 5.12. The maximum Gasteiger partial charge on any atom is 0.223 e. The zero-order valence-corrected chi connectivity index (χ0v) is 11.4. The molecule has 0 aliphatic heterocycles. The van der Waals surface area contributed by atoms with E-state index in [1.807, 2.05) is 17.0 Å². The fourth-order valence-corrected chi connectivity index (χ4v) is 2.39. The quantitative estimate of drug-likeness (QED) is 0.712. The molecule has 0 bridgehead atoms. The molecule has 1 aliphatic carbocycles. The number of halogens is 1. The van der Waals surface area contributed by atoms with E-state index in [4.69, 9.17) is 16.0 Å². The average Bonchev–Trinajstić information content (AvgIpc) is 2.81. The summed E-state index contributed by atoms with van der Waals surface area (Å²) >= 11 is 5.72. The van der Waals surface area contributed by atoms with Crippen molar-refractivity contribution in [3.05, 3.63) is 24.2 Å². The summed E-state index contributed by atoms with van der Waals surface area (Å²) in [6.07, 6.45) is 7.29. The maximum absolute atomic E-state index is 12.2. The van der Waals surface area contributed by atoms with Crippen LogP contribution in [0, 0.1) is 0 Å². The summed E-state index contributed by atoms with van der Waals surface area (Å²) in [6.45, 7) is 0.797. The fourth-order valence-electron chi connectivity index (χ4n) is 2.27. The van der Waals surface area contributed by atoms with Gasteiger partial charge in [-0.1, -0.05) is 0 Å². The Morgan fingerprint density at radius 1 is 1.50 bits per heavy atom. The number of alkyl halides is 1. The van der Waals surface area contributed by atoms with Crippen molar-refractivity contribution in [2.75, 3.05) is 12.4 Å². The summed E-state index contributed by atoms with van der Waals surface area (Å²) in [4.78, 5) is 14.2. The summed E-state index contributed by atoms with van der Waals surface area (Å²) in [5, 5.41) is 0. The molecule has 1 aromatic heterocycles. The molecule has 0 radical (unpaired) electrons. The molecule has 1 aromatic rings. The van der Waals surface area contributed by atoms with Crippen LogP contribution in [-0.4, -0.2) is 29.3 Å². The standard InChI is InChI=1S/C14H20ClNO2/c15-9-3-10-16(12-4-1-5-12)14(17)8-7-13-6-2-11-18-13/h2,6,11-12H,1,3-5,7-10H2. The molecule has 0 atom stereocenters. The van der Waals surface area contributed by atoms with Gasteiger partial charge in [-0.3, -0.25) is 4.79 Å². The van der Waals surface area contributed by atoms with Gasteiger partial charge in [-0.2, -0.15) is 0 Å². The van der Waals surface area contributed by atoms with Gasteiger partial charge >= 0.3 is 0 Å². The van der Waals surface area contributed by atoms with Crippen LogP contribution < -0.4 is 0 Å². The van der Waals surface area contributed by atoms with Gasteiger partial charge in [0.25, 0.3) is 0 Å². The van der Waals surface area contributed by atoms with Crippen LogP contribution in [0.5, 0.6) is 0 Å². The summed E-state index contributed by atoms with van der Waals surface area (Å²) in [6, 6.07) is 4.23. The highest BCUT2D eigenvalue weighted by Gasteiger charge is 2.27. The van der Waals surface area contributed by atoms with Crippen LogP contribution in [-0.2, 0) is 11.2 Å². The van der Waals surface area contributed by atoms with Crippen molar-refractivity contribution in [2.45, 2.75) is 44.6 Å². The van der Waals surface area contributed by atoms with Crippen LogP contribution in [0.4, 0.5) is 0 Å². The topological polar surface area (TPSA) is 33.5 Å². The van der Waals surface area contributed by atoms with Gasteiger partial charge in [0, 0.05) is 31.3 Å². The summed E-state index contributed by atoms with van der Waals surface area (Å²) in [5.41, 5.74) is 0. The van der Waals surface area contributed by atoms with Crippen LogP contribution in [0.25, 0.3) is 0 Å². The zero-order chi connectivity index (χ0) is 12.8. The minimum absolute atomic E-state index is 0.237. The summed E-state index contributed by atoms with van der Waals surface area (Å²) in [7, 11) is 0. The van der Waals surface area contributed by atoms with Gasteiger partial charge in [-0.15, -0.1) is 11.6 Å². The molecule has 1 amide bonds. The molecular weight excluding hydrogens is 250 g/mol. The van der Waals surface area contributed by atoms with Gasteiger partial charge in [0.1, 0.15) is 5.76 Å². The Morgan fingerprint density at radius 3 is 2.89 bits per heavy atom. The first kappa shape index (κ1) is 13.5. The molecule has 0 N–H and O–H groups in total. The molecule has 1 saturated carbocycles. The molecule has 0 unspecified atom stereocenters. The summed E-state index contributed by atoms with van der Waals surface area (Å²) < 4.78 is 5.25. The molecule has 1 fully saturated rings. The number of carbonyl (C=O) groups is 1. The van der Waals surface area contributed by atoms with Crippen LogP contribution in [0.1, 0.15) is 37.9 Å². The van der Waals surface area contributed by atoms with Gasteiger partial charge in [0.15, 0.2) is 0 Å². The Morgan fingerprint density at radius 2 is 2.33 bits per heavy atom. The van der Waals surface area contributed by atoms with E-state index in [1.54, 1.807) is 6.26 Å². The molecule has 2 rings (SSSR count). The van der Waals surface area contributed by atoms with Gasteiger partial charge in [-0.25, -0.2) is 0 Å². The Labute approximate surface area is 113 Å². The number of hydrogen-bond acceptors (Lipinski definition) is 2. The number of rotatable bonds is 7. The van der Waals surface area contributed by atoms with Crippen LogP contribution in [0.15, 0.2) is 22.8 Å². The Balaban J connectivity index is 1.82. The van der Waals surface area contributed by atoms with E-state index in [-0.39, 0.29) is 5.91 Å². The second-order valence-electron chi connectivity index (χ2n) is 4.79. The van der Waals surface area contributed by atoms with Crippen molar-refractivity contribution >= 4 is 17.5 Å². The first-order valence-corrected chi connectivity index (χ1v) is 7.22. The maximum atomic E-state index is 12.2. The number of furan rings is 1. The number of hydrogen-bond donors (Lipinski definition) is 0. The molecule has 18 heavy (non-hydrogen) atoms. The highest BCUT2D eigenvalue weighted by Crippen LogP contribution is 2.25. The predicted octanol–water partition coefficient (Wildman–Crippen LogP) is 3.22. The first-order chi connectivity index (χ1) is 8.81. The van der Waals surface area contributed by atoms with Crippen molar-refractivity contribution in [1.29, 1.82) is 0 Å². The van der Waals surface area contributed by atoms with E-state index in [0.29, 0.717) is 24.8 Å². The first-order valence-electron chi connectivity index (χ1n) is 6.69. The Hall–Kier alpha value is -0.960. The Bertz CT molecular complexity index is 360. The van der Waals surface area contributed by atoms with Crippen molar-refractivity contribution in [3.8, 4) is 0 Å². The third kappa shape index (κ3) is 3.52. The third-order valence-corrected chi connectivity index (χ3v) is 3.80. The van der Waals surface area contributed by atoms with Gasteiger partial charge in [0.05, 0.1) is 6.26 Å². The minimum Gasteiger partial charge on any atom is -0.469 e. The SMILES string of the molecule is O=C(CCc1ccco1)N(CCCCl)C1CCC1. The summed E-state index contributed by atoms with van der Waals surface area (Å²) in [5.74, 6) is 1.74. The molecule has 100 valence electrons. The average molecular weight is 270 g/mol. The lowest BCUT2D eigenvalue weighted by Crippen LogP contribution is -2.44. The van der Waals surface area contributed by atoms with Gasteiger partial charge in [0.2, 0.25) is 5.91 Å². The lowest BCUT2D eigenvalue weighted by atomic mass is 9.91. The normalized spacial score (nSPS) is 15.4. The second-order valence-corrected chi connectivity index (χ2v) is 5.17. The molecule has 3 nitrogen and oxygen atoms in total. The number of nitrogens with zero attached hydrogens (tertiary/aromatic N) is 1. The van der Waals surface area contributed by atoms with Crippen molar-refractivity contribution in [2.24, 2.45) is 0 Å². The second kappa shape index (κ2) is 6.83. The zero-order valence-electron chi connectivity index (χ0n) is 10.6. The smallest absolute Gasteiger partial charge is 0.223 e. The highest BCUT2D eigenvalue weighted by atomic mass is 35.5. The predicted molar refractivity (Wildman–Crippen MR) is 71.7 cm³/mol. The van der Waals surface area contributed by atoms with E-state index < -0.39 is 0 Å². The minimum atomic E-state index is 0.237. The third-order valence-electron chi connectivity index (χ3n) is 3.53. The van der Waals surface area contributed by atoms with E-state index >= 15 is 0 Å². The fraction of sp³-hybridized carbons (Fsp3) is 0.643. The van der Waals surface area contributed by atoms with E-state index in [1.165, 1.54) is 6.42 Å². The van der Waals surface area contributed by atoms with Crippen molar-refractivity contribution < 1.29 is 9.21 Å². The number of amides is 1. The monoisotopic (exact) mass is 269 g/mol. The molecule has 1 aliphatic rings. The number of aryl methyl sites for hydroxylation is 1. The van der Waals surface area contributed by atoms with Gasteiger partial charge in [-0.05, 0) is 37.8 Å². The largest absolute Gasteiger partial charge is 0.469 e. The molecule has 0 aromatic carbocycles.